The van der Waals surface area contributed by atoms with Crippen LogP contribution < -0.4 is 11.0 Å². The highest BCUT2D eigenvalue weighted by Gasteiger charge is 2.38. The number of carbonyl (C=O) groups is 1. The molecule has 1 aliphatic rings. The average molecular weight is 324 g/mol. The molecule has 0 fully saturated rings. The second-order valence-electron chi connectivity index (χ2n) is 6.36. The van der Waals surface area contributed by atoms with E-state index in [0.717, 1.165) is 11.3 Å². The third-order valence-electron chi connectivity index (χ3n) is 3.29. The standard InChI is InChI=1S/C14H24N6O3/c1-7-22-13(21)23-12(14(3,4)5)20-17-11(16-18-20)10-9(2)8-15-19(10)6/h8,12,18H,7H2,1-6H3,(H,16,17). The van der Waals surface area contributed by atoms with Crippen LogP contribution in [0.3, 0.4) is 0 Å². The topological polar surface area (TPSA) is 93.0 Å². The lowest BCUT2D eigenvalue weighted by molar-refractivity contribution is -0.127. The van der Waals surface area contributed by atoms with Gasteiger partial charge >= 0.3 is 6.16 Å². The van der Waals surface area contributed by atoms with E-state index in [2.05, 4.69) is 21.2 Å². The smallest absolute Gasteiger partial charge is 0.435 e. The van der Waals surface area contributed by atoms with Crippen LogP contribution in [0, 0.1) is 12.3 Å². The first-order valence-electron chi connectivity index (χ1n) is 7.45. The van der Waals surface area contributed by atoms with Gasteiger partial charge in [0, 0.05) is 12.5 Å². The maximum absolute atomic E-state index is 11.7. The summed E-state index contributed by atoms with van der Waals surface area (Å²) in [5, 5.41) is 9.99. The Balaban J connectivity index is 2.13. The predicted octanol–water partition coefficient (Wildman–Crippen LogP) is 1.26. The van der Waals surface area contributed by atoms with Gasteiger partial charge in [0.15, 0.2) is 5.84 Å². The molecule has 9 heteroatoms. The fourth-order valence-corrected chi connectivity index (χ4v) is 2.23. The Kier molecular flexibility index (Phi) is 4.79. The molecule has 0 saturated heterocycles. The zero-order valence-corrected chi connectivity index (χ0v) is 14.4. The summed E-state index contributed by atoms with van der Waals surface area (Å²) in [4.78, 5) is 11.7. The average Bonchev–Trinajstić information content (AvgIpc) is 3.02. The molecular weight excluding hydrogens is 300 g/mol. The molecule has 1 aromatic heterocycles. The molecule has 2 rings (SSSR count). The predicted molar refractivity (Wildman–Crippen MR) is 83.9 cm³/mol. The van der Waals surface area contributed by atoms with Gasteiger partial charge in [0.1, 0.15) is 5.69 Å². The molecule has 0 saturated carbocycles. The van der Waals surface area contributed by atoms with Gasteiger partial charge in [-0.2, -0.15) is 5.10 Å². The summed E-state index contributed by atoms with van der Waals surface area (Å²) in [6.07, 6.45) is 0.413. The van der Waals surface area contributed by atoms with Gasteiger partial charge in [-0.1, -0.05) is 25.9 Å². The Hall–Kier alpha value is -2.29. The lowest BCUT2D eigenvalue weighted by Crippen LogP contribution is -2.56. The molecule has 2 N–H and O–H groups in total. The van der Waals surface area contributed by atoms with E-state index < -0.39 is 12.4 Å². The van der Waals surface area contributed by atoms with E-state index in [1.54, 1.807) is 22.9 Å². The van der Waals surface area contributed by atoms with Gasteiger partial charge in [-0.15, -0.1) is 5.10 Å². The Labute approximate surface area is 135 Å². The number of rotatable bonds is 4. The Morgan fingerprint density at radius 3 is 2.65 bits per heavy atom. The zero-order chi connectivity index (χ0) is 17.2. The highest BCUT2D eigenvalue weighted by Crippen LogP contribution is 2.25. The molecular formula is C14H24N6O3. The van der Waals surface area contributed by atoms with Crippen molar-refractivity contribution < 1.29 is 14.3 Å². The number of hydrazine groups is 2. The number of amidine groups is 1. The highest BCUT2D eigenvalue weighted by atomic mass is 16.7. The van der Waals surface area contributed by atoms with E-state index in [0.29, 0.717) is 5.84 Å². The van der Waals surface area contributed by atoms with Crippen LogP contribution in [0.5, 0.6) is 0 Å². The van der Waals surface area contributed by atoms with Crippen molar-refractivity contribution in [3.63, 3.8) is 0 Å². The van der Waals surface area contributed by atoms with Gasteiger partial charge < -0.3 is 9.47 Å². The van der Waals surface area contributed by atoms with Crippen LogP contribution in [0.25, 0.3) is 0 Å². The molecule has 23 heavy (non-hydrogen) atoms. The Morgan fingerprint density at radius 1 is 1.43 bits per heavy atom. The van der Waals surface area contributed by atoms with Crippen molar-refractivity contribution in [3.8, 4) is 0 Å². The third-order valence-corrected chi connectivity index (χ3v) is 3.29. The van der Waals surface area contributed by atoms with Gasteiger partial charge in [0.05, 0.1) is 12.8 Å². The summed E-state index contributed by atoms with van der Waals surface area (Å²) < 4.78 is 12.0. The maximum atomic E-state index is 11.7. The van der Waals surface area contributed by atoms with Gasteiger partial charge in [-0.05, 0) is 19.4 Å². The molecule has 1 aliphatic heterocycles. The van der Waals surface area contributed by atoms with Crippen LogP contribution in [0.2, 0.25) is 0 Å². The Bertz CT molecular complexity index is 585. The molecule has 1 aromatic rings. The number of carbonyl (C=O) groups excluding carboxylic acids is 1. The molecule has 128 valence electrons. The first-order valence-corrected chi connectivity index (χ1v) is 7.45. The van der Waals surface area contributed by atoms with Crippen molar-refractivity contribution in [3.05, 3.63) is 17.5 Å². The summed E-state index contributed by atoms with van der Waals surface area (Å²) in [6, 6.07) is 0. The number of nitrogens with zero attached hydrogens (tertiary/aromatic N) is 4. The molecule has 1 atom stereocenters. The van der Waals surface area contributed by atoms with Crippen molar-refractivity contribution >= 4 is 12.0 Å². The molecule has 0 amide bonds. The highest BCUT2D eigenvalue weighted by molar-refractivity contribution is 5.98. The summed E-state index contributed by atoms with van der Waals surface area (Å²) >= 11 is 0. The number of aryl methyl sites for hydroxylation is 2. The molecule has 1 unspecified atom stereocenters. The second-order valence-corrected chi connectivity index (χ2v) is 6.36. The van der Waals surface area contributed by atoms with Crippen molar-refractivity contribution in [2.45, 2.75) is 40.8 Å². The fraction of sp³-hybridized carbons (Fsp3) is 0.643. The maximum Gasteiger partial charge on any atom is 0.509 e. The van der Waals surface area contributed by atoms with Crippen LogP contribution in [0.15, 0.2) is 11.3 Å². The van der Waals surface area contributed by atoms with Crippen LogP contribution in [-0.2, 0) is 16.5 Å². The molecule has 0 aromatic carbocycles. The van der Waals surface area contributed by atoms with Crippen molar-refractivity contribution in [2.24, 2.45) is 17.6 Å². The summed E-state index contributed by atoms with van der Waals surface area (Å²) in [5.74, 6) is 0.601. The van der Waals surface area contributed by atoms with E-state index in [-0.39, 0.29) is 12.0 Å². The van der Waals surface area contributed by atoms with E-state index in [4.69, 9.17) is 9.47 Å². The second kappa shape index (κ2) is 6.45. The van der Waals surface area contributed by atoms with Gasteiger partial charge in [0.25, 0.3) is 0 Å². The zero-order valence-electron chi connectivity index (χ0n) is 14.4. The summed E-state index contributed by atoms with van der Waals surface area (Å²) in [5.41, 5.74) is 7.41. The normalized spacial score (nSPS) is 16.3. The largest absolute Gasteiger partial charge is 0.509 e. The molecule has 2 heterocycles. The van der Waals surface area contributed by atoms with Crippen LogP contribution in [0.1, 0.15) is 39.0 Å². The van der Waals surface area contributed by atoms with Crippen molar-refractivity contribution in [1.29, 1.82) is 0 Å². The Morgan fingerprint density at radius 2 is 2.13 bits per heavy atom. The minimum Gasteiger partial charge on any atom is -0.435 e. The first kappa shape index (κ1) is 17.1. The van der Waals surface area contributed by atoms with Crippen molar-refractivity contribution in [2.75, 3.05) is 6.61 Å². The van der Waals surface area contributed by atoms with Gasteiger partial charge in [-0.25, -0.2) is 10.3 Å². The molecule has 9 nitrogen and oxygen atoms in total. The minimum absolute atomic E-state index is 0.256. The first-order chi connectivity index (χ1) is 10.7. The van der Waals surface area contributed by atoms with Crippen molar-refractivity contribution in [1.82, 2.24) is 25.9 Å². The van der Waals surface area contributed by atoms with E-state index >= 15 is 0 Å². The van der Waals surface area contributed by atoms with Crippen LogP contribution in [-0.4, -0.2) is 39.7 Å². The molecule has 0 radical (unpaired) electrons. The number of nitrogens with one attached hydrogen (secondary N) is 2. The van der Waals surface area contributed by atoms with Crippen LogP contribution >= 0.6 is 0 Å². The summed E-state index contributed by atoms with van der Waals surface area (Å²) in [6.45, 7) is 9.79. The summed E-state index contributed by atoms with van der Waals surface area (Å²) in [7, 11) is 1.84. The quantitative estimate of drug-likeness (QED) is 0.805. The number of ether oxygens (including phenoxy) is 2. The lowest BCUT2D eigenvalue weighted by Gasteiger charge is -2.35. The molecule has 0 aliphatic carbocycles. The number of hydrogen-bond acceptors (Lipinski definition) is 8. The third kappa shape index (κ3) is 3.73. The number of aromatic nitrogens is 2. The number of hydrazone groups is 1. The van der Waals surface area contributed by atoms with Gasteiger partial charge in [-0.3, -0.25) is 10.1 Å². The van der Waals surface area contributed by atoms with E-state index in [1.165, 1.54) is 0 Å². The van der Waals surface area contributed by atoms with Gasteiger partial charge in [0.2, 0.25) is 6.23 Å². The van der Waals surface area contributed by atoms with E-state index in [9.17, 15) is 4.79 Å². The van der Waals surface area contributed by atoms with Crippen LogP contribution in [0.4, 0.5) is 4.79 Å². The van der Waals surface area contributed by atoms with E-state index in [1.807, 2.05) is 34.7 Å². The lowest BCUT2D eigenvalue weighted by atomic mass is 9.94. The molecule has 0 spiro atoms. The fourth-order valence-electron chi connectivity index (χ4n) is 2.23. The number of hydrogen-bond donors (Lipinski definition) is 2. The monoisotopic (exact) mass is 324 g/mol. The minimum atomic E-state index is -0.721. The molecule has 0 bridgehead atoms. The SMILES string of the molecule is CCOC(=O)OC(N1NN=C(c2c(C)cnn2C)N1)C(C)(C)C.